The summed E-state index contributed by atoms with van der Waals surface area (Å²) in [5.41, 5.74) is 3.85. The summed E-state index contributed by atoms with van der Waals surface area (Å²) >= 11 is 12.3. The van der Waals surface area contributed by atoms with Gasteiger partial charge in [-0.2, -0.15) is 10.2 Å². The molecule has 0 saturated carbocycles. The van der Waals surface area contributed by atoms with Crippen molar-refractivity contribution in [1.29, 1.82) is 0 Å². The van der Waals surface area contributed by atoms with E-state index in [2.05, 4.69) is 24.2 Å². The summed E-state index contributed by atoms with van der Waals surface area (Å²) in [6, 6.07) is 21.4. The van der Waals surface area contributed by atoms with Gasteiger partial charge in [0.05, 0.1) is 34.2 Å². The van der Waals surface area contributed by atoms with E-state index in [1.54, 1.807) is 30.7 Å². The molecule has 1 aliphatic rings. The van der Waals surface area contributed by atoms with E-state index < -0.39 is 0 Å². The molecule has 142 valence electrons. The third-order valence-corrected chi connectivity index (χ3v) is 5.10. The van der Waals surface area contributed by atoms with Crippen molar-refractivity contribution in [1.82, 2.24) is 0 Å². The third-order valence-electron chi connectivity index (χ3n) is 4.36. The van der Waals surface area contributed by atoms with Crippen LogP contribution in [0.2, 0.25) is 10.0 Å². The van der Waals surface area contributed by atoms with Crippen LogP contribution >= 0.6 is 23.2 Å². The number of nitrogens with zero attached hydrogens (tertiary/aromatic N) is 4. The number of halogens is 2. The number of ether oxygens (including phenoxy) is 1. The lowest BCUT2D eigenvalue weighted by Gasteiger charge is -2.35. The van der Waals surface area contributed by atoms with Crippen LogP contribution in [0.1, 0.15) is 5.56 Å². The predicted molar refractivity (Wildman–Crippen MR) is 117 cm³/mol. The second kappa shape index (κ2) is 7.62. The van der Waals surface area contributed by atoms with Crippen LogP contribution in [0.3, 0.4) is 0 Å². The normalized spacial score (nSPS) is 13.4. The Balaban J connectivity index is 1.78. The minimum atomic E-state index is 0.470. The minimum Gasteiger partial charge on any atom is -0.497 e. The van der Waals surface area contributed by atoms with Crippen molar-refractivity contribution in [2.45, 2.75) is 6.92 Å². The van der Waals surface area contributed by atoms with Crippen LogP contribution in [0.5, 0.6) is 5.75 Å². The Morgan fingerprint density at radius 2 is 1.57 bits per heavy atom. The number of aryl methyl sites for hydroxylation is 1. The van der Waals surface area contributed by atoms with Gasteiger partial charge < -0.3 is 4.74 Å². The summed E-state index contributed by atoms with van der Waals surface area (Å²) in [6.07, 6.45) is 1.77. The molecule has 3 aromatic carbocycles. The van der Waals surface area contributed by atoms with Crippen LogP contribution in [-0.4, -0.2) is 13.4 Å². The Bertz CT molecular complexity index is 1020. The fourth-order valence-electron chi connectivity index (χ4n) is 2.97. The number of rotatable bonds is 4. The van der Waals surface area contributed by atoms with Crippen molar-refractivity contribution in [2.24, 2.45) is 5.10 Å². The van der Waals surface area contributed by atoms with Crippen LogP contribution in [0.15, 0.2) is 71.8 Å². The number of hydrazine groups is 2. The molecule has 0 saturated heterocycles. The number of benzene rings is 3. The van der Waals surface area contributed by atoms with E-state index in [0.29, 0.717) is 10.0 Å². The molecule has 0 unspecified atom stereocenters. The second-order valence-electron chi connectivity index (χ2n) is 6.29. The molecular weight excluding hydrogens is 395 g/mol. The molecule has 0 spiro atoms. The van der Waals surface area contributed by atoms with Crippen LogP contribution in [-0.2, 0) is 0 Å². The second-order valence-corrected chi connectivity index (χ2v) is 7.10. The molecule has 7 heteroatoms. The zero-order valence-corrected chi connectivity index (χ0v) is 16.9. The molecule has 5 nitrogen and oxygen atoms in total. The monoisotopic (exact) mass is 412 g/mol. The zero-order valence-electron chi connectivity index (χ0n) is 15.4. The molecule has 0 aromatic heterocycles. The average molecular weight is 413 g/mol. The number of methoxy groups -OCH3 is 1. The van der Waals surface area contributed by atoms with Gasteiger partial charge in [-0.25, -0.2) is 5.01 Å². The highest BCUT2D eigenvalue weighted by atomic mass is 35.5. The minimum absolute atomic E-state index is 0.470. The van der Waals surface area contributed by atoms with Gasteiger partial charge in [0.15, 0.2) is 0 Å². The molecule has 0 fully saturated rings. The first-order chi connectivity index (χ1) is 13.6. The largest absolute Gasteiger partial charge is 0.497 e. The quantitative estimate of drug-likeness (QED) is 0.532. The maximum absolute atomic E-state index is 6.24. The van der Waals surface area contributed by atoms with Crippen LogP contribution < -0.4 is 20.0 Å². The first-order valence-corrected chi connectivity index (χ1v) is 9.41. The SMILES string of the molecule is COc1ccc(N2N(c3cccc(C)c3)C=NN2c2ccc(Cl)c(Cl)c2)cc1. The molecule has 0 radical (unpaired) electrons. The van der Waals surface area contributed by atoms with Gasteiger partial charge in [0.2, 0.25) is 0 Å². The summed E-state index contributed by atoms with van der Waals surface area (Å²) in [6.45, 7) is 2.06. The maximum Gasteiger partial charge on any atom is 0.140 e. The standard InChI is InChI=1S/C21H18Cl2N4O/c1-15-4-3-5-17(12-15)25-14-24-26(18-8-11-20(22)21(23)13-18)27(25)16-6-9-19(28-2)10-7-16/h3-14H,1-2H3. The summed E-state index contributed by atoms with van der Waals surface area (Å²) in [5, 5.41) is 11.3. The predicted octanol–water partition coefficient (Wildman–Crippen LogP) is 5.92. The van der Waals surface area contributed by atoms with Gasteiger partial charge in [0.25, 0.3) is 0 Å². The van der Waals surface area contributed by atoms with Gasteiger partial charge in [-0.1, -0.05) is 35.3 Å². The Hall–Kier alpha value is -2.89. The molecule has 1 aliphatic heterocycles. The molecule has 0 bridgehead atoms. The molecule has 28 heavy (non-hydrogen) atoms. The summed E-state index contributed by atoms with van der Waals surface area (Å²) in [4.78, 5) is 0. The zero-order chi connectivity index (χ0) is 19.7. The summed E-state index contributed by atoms with van der Waals surface area (Å²) < 4.78 is 5.29. The Labute approximate surface area is 173 Å². The highest BCUT2D eigenvalue weighted by molar-refractivity contribution is 6.42. The molecular formula is C21H18Cl2N4O. The molecule has 0 N–H and O–H groups in total. The lowest BCUT2D eigenvalue weighted by atomic mass is 10.2. The van der Waals surface area contributed by atoms with Crippen LogP contribution in [0, 0.1) is 6.92 Å². The van der Waals surface area contributed by atoms with Gasteiger partial charge in [-0.05, 0) is 67.1 Å². The van der Waals surface area contributed by atoms with Gasteiger partial charge in [-0.3, -0.25) is 0 Å². The Morgan fingerprint density at radius 1 is 0.821 bits per heavy atom. The molecule has 0 atom stereocenters. The fourth-order valence-corrected chi connectivity index (χ4v) is 3.26. The average Bonchev–Trinajstić information content (AvgIpc) is 3.15. The lowest BCUT2D eigenvalue weighted by molar-refractivity contribution is 0.415. The van der Waals surface area contributed by atoms with Gasteiger partial charge in [0, 0.05) is 0 Å². The van der Waals surface area contributed by atoms with E-state index in [1.165, 1.54) is 0 Å². The number of hydrazone groups is 1. The van der Waals surface area contributed by atoms with Crippen molar-refractivity contribution in [2.75, 3.05) is 22.4 Å². The first-order valence-electron chi connectivity index (χ1n) is 8.66. The van der Waals surface area contributed by atoms with E-state index >= 15 is 0 Å². The van der Waals surface area contributed by atoms with Crippen molar-refractivity contribution in [3.05, 3.63) is 82.3 Å². The topological polar surface area (TPSA) is 31.3 Å². The van der Waals surface area contributed by atoms with Crippen LogP contribution in [0.25, 0.3) is 0 Å². The number of hydrogen-bond acceptors (Lipinski definition) is 5. The third kappa shape index (κ3) is 3.46. The summed E-state index contributed by atoms with van der Waals surface area (Å²) in [5.74, 6) is 0.784. The van der Waals surface area contributed by atoms with Gasteiger partial charge in [-0.15, -0.1) is 5.10 Å². The molecule has 3 aromatic rings. The molecule has 0 amide bonds. The van der Waals surface area contributed by atoms with Crippen molar-refractivity contribution in [3.63, 3.8) is 0 Å². The fraction of sp³-hybridized carbons (Fsp3) is 0.0952. The van der Waals surface area contributed by atoms with E-state index in [-0.39, 0.29) is 0 Å². The molecule has 1 heterocycles. The number of hydrogen-bond donors (Lipinski definition) is 0. The molecule has 0 aliphatic carbocycles. The summed E-state index contributed by atoms with van der Waals surface area (Å²) in [7, 11) is 1.65. The van der Waals surface area contributed by atoms with Crippen molar-refractivity contribution < 1.29 is 4.74 Å². The lowest BCUT2D eigenvalue weighted by Crippen LogP contribution is -2.46. The Kier molecular flexibility index (Phi) is 5.03. The van der Waals surface area contributed by atoms with E-state index in [9.17, 15) is 0 Å². The Morgan fingerprint density at radius 3 is 2.25 bits per heavy atom. The van der Waals surface area contributed by atoms with Gasteiger partial charge >= 0.3 is 0 Å². The molecule has 4 rings (SSSR count). The maximum atomic E-state index is 6.24. The highest BCUT2D eigenvalue weighted by Crippen LogP contribution is 2.34. The number of anilines is 3. The van der Waals surface area contributed by atoms with E-state index in [1.807, 2.05) is 52.6 Å². The van der Waals surface area contributed by atoms with E-state index in [4.69, 9.17) is 27.9 Å². The van der Waals surface area contributed by atoms with Crippen LogP contribution in [0.4, 0.5) is 17.1 Å². The highest BCUT2D eigenvalue weighted by Gasteiger charge is 2.29. The van der Waals surface area contributed by atoms with E-state index in [0.717, 1.165) is 28.4 Å². The first kappa shape index (κ1) is 18.5. The van der Waals surface area contributed by atoms with Gasteiger partial charge in [0.1, 0.15) is 12.1 Å². The van der Waals surface area contributed by atoms with Crippen molar-refractivity contribution in [3.8, 4) is 5.75 Å². The smallest absolute Gasteiger partial charge is 0.140 e. The van der Waals surface area contributed by atoms with Crippen molar-refractivity contribution >= 4 is 46.6 Å².